The number of nitrogens with one attached hydrogen (secondary N) is 1. The van der Waals surface area contributed by atoms with E-state index in [4.69, 9.17) is 0 Å². The maximum Gasteiger partial charge on any atom is 0.108 e. The number of benzene rings is 1. The van der Waals surface area contributed by atoms with Gasteiger partial charge in [-0.2, -0.15) is 0 Å². The molecule has 0 aliphatic heterocycles. The van der Waals surface area contributed by atoms with Crippen LogP contribution in [0.2, 0.25) is 0 Å². The van der Waals surface area contributed by atoms with Gasteiger partial charge < -0.3 is 5.32 Å². The lowest BCUT2D eigenvalue weighted by molar-refractivity contribution is 0.757. The van der Waals surface area contributed by atoms with Crippen LogP contribution in [0.4, 0.5) is 0 Å². The van der Waals surface area contributed by atoms with Gasteiger partial charge >= 0.3 is 0 Å². The molecule has 2 rings (SSSR count). The Kier molecular flexibility index (Phi) is 3.14. The minimum atomic E-state index is 0.824. The van der Waals surface area contributed by atoms with E-state index in [2.05, 4.69) is 42.0 Å². The van der Waals surface area contributed by atoms with Crippen molar-refractivity contribution in [3.63, 3.8) is 0 Å². The minimum absolute atomic E-state index is 0.824. The summed E-state index contributed by atoms with van der Waals surface area (Å²) >= 11 is 1.75. The lowest BCUT2D eigenvalue weighted by Crippen LogP contribution is -2.12. The van der Waals surface area contributed by atoms with Crippen molar-refractivity contribution >= 4 is 21.6 Å². The summed E-state index contributed by atoms with van der Waals surface area (Å²) in [5.41, 5.74) is 2.39. The van der Waals surface area contributed by atoms with Crippen LogP contribution in [-0.4, -0.2) is 11.5 Å². The fraction of sp³-hybridized carbons (Fsp3) is 0.250. The second-order valence-corrected chi connectivity index (χ2v) is 4.56. The highest BCUT2D eigenvalue weighted by molar-refractivity contribution is 7.18. The standard InChI is InChI=1S/C12H14N2S/c1-3-7-13-8-11-14-12-9(2)5-4-6-10(12)15-11/h3-6,13H,1,7-8H2,2H3. The number of nitrogens with zero attached hydrogens (tertiary/aromatic N) is 1. The van der Waals surface area contributed by atoms with Crippen molar-refractivity contribution in [1.29, 1.82) is 0 Å². The van der Waals surface area contributed by atoms with E-state index in [0.717, 1.165) is 23.6 Å². The van der Waals surface area contributed by atoms with Gasteiger partial charge in [0, 0.05) is 13.1 Å². The molecule has 78 valence electrons. The molecular weight excluding hydrogens is 204 g/mol. The fourth-order valence-corrected chi connectivity index (χ4v) is 2.50. The molecule has 0 atom stereocenters. The number of aromatic nitrogens is 1. The molecule has 0 aliphatic carbocycles. The Labute approximate surface area is 93.7 Å². The zero-order valence-electron chi connectivity index (χ0n) is 8.79. The summed E-state index contributed by atoms with van der Waals surface area (Å²) in [4.78, 5) is 4.61. The molecule has 2 nitrogen and oxygen atoms in total. The van der Waals surface area contributed by atoms with Crippen LogP contribution in [0.3, 0.4) is 0 Å². The summed E-state index contributed by atoms with van der Waals surface area (Å²) < 4.78 is 1.27. The zero-order valence-corrected chi connectivity index (χ0v) is 9.60. The predicted octanol–water partition coefficient (Wildman–Crippen LogP) is 2.88. The van der Waals surface area contributed by atoms with Crippen molar-refractivity contribution in [3.05, 3.63) is 41.4 Å². The molecule has 0 saturated carbocycles. The van der Waals surface area contributed by atoms with E-state index in [0.29, 0.717) is 0 Å². The van der Waals surface area contributed by atoms with Crippen molar-refractivity contribution < 1.29 is 0 Å². The molecule has 0 unspecified atom stereocenters. The van der Waals surface area contributed by atoms with Crippen LogP contribution in [0.15, 0.2) is 30.9 Å². The van der Waals surface area contributed by atoms with Crippen LogP contribution >= 0.6 is 11.3 Å². The molecule has 1 heterocycles. The number of para-hydroxylation sites is 1. The van der Waals surface area contributed by atoms with E-state index in [9.17, 15) is 0 Å². The monoisotopic (exact) mass is 218 g/mol. The number of thiazole rings is 1. The molecule has 0 spiro atoms. The summed E-state index contributed by atoms with van der Waals surface area (Å²) in [6, 6.07) is 6.30. The fourth-order valence-electron chi connectivity index (χ4n) is 1.49. The number of rotatable bonds is 4. The normalized spacial score (nSPS) is 10.7. The third kappa shape index (κ3) is 2.25. The molecule has 1 aromatic heterocycles. The lowest BCUT2D eigenvalue weighted by Gasteiger charge is -1.95. The van der Waals surface area contributed by atoms with Crippen molar-refractivity contribution in [1.82, 2.24) is 10.3 Å². The first kappa shape index (κ1) is 10.3. The highest BCUT2D eigenvalue weighted by atomic mass is 32.1. The van der Waals surface area contributed by atoms with Crippen molar-refractivity contribution in [3.8, 4) is 0 Å². The van der Waals surface area contributed by atoms with E-state index in [1.54, 1.807) is 11.3 Å². The van der Waals surface area contributed by atoms with Gasteiger partial charge in [-0.1, -0.05) is 18.2 Å². The molecule has 0 amide bonds. The maximum atomic E-state index is 4.61. The zero-order chi connectivity index (χ0) is 10.7. The van der Waals surface area contributed by atoms with Gasteiger partial charge in [0.2, 0.25) is 0 Å². The summed E-state index contributed by atoms with van der Waals surface area (Å²) in [5, 5.41) is 4.40. The number of aryl methyl sites for hydroxylation is 1. The minimum Gasteiger partial charge on any atom is -0.307 e. The highest BCUT2D eigenvalue weighted by Crippen LogP contribution is 2.24. The number of hydrogen-bond donors (Lipinski definition) is 1. The molecular formula is C12H14N2S. The Morgan fingerprint density at radius 3 is 3.13 bits per heavy atom. The first-order valence-corrected chi connectivity index (χ1v) is 5.79. The molecule has 0 saturated heterocycles. The molecule has 0 bridgehead atoms. The smallest absolute Gasteiger partial charge is 0.108 e. The Bertz CT molecular complexity index is 473. The van der Waals surface area contributed by atoms with Crippen LogP contribution in [0, 0.1) is 6.92 Å². The molecule has 1 aromatic carbocycles. The van der Waals surface area contributed by atoms with Gasteiger partial charge in [-0.25, -0.2) is 4.98 Å². The van der Waals surface area contributed by atoms with Crippen molar-refractivity contribution in [2.24, 2.45) is 0 Å². The molecule has 3 heteroatoms. The Morgan fingerprint density at radius 1 is 1.53 bits per heavy atom. The lowest BCUT2D eigenvalue weighted by atomic mass is 10.2. The van der Waals surface area contributed by atoms with E-state index >= 15 is 0 Å². The number of fused-ring (bicyclic) bond motifs is 1. The van der Waals surface area contributed by atoms with E-state index in [1.165, 1.54) is 10.3 Å². The van der Waals surface area contributed by atoms with Crippen molar-refractivity contribution in [2.45, 2.75) is 13.5 Å². The van der Waals surface area contributed by atoms with Crippen LogP contribution in [0.5, 0.6) is 0 Å². The third-order valence-electron chi connectivity index (χ3n) is 2.23. The maximum absolute atomic E-state index is 4.61. The van der Waals surface area contributed by atoms with Crippen LogP contribution < -0.4 is 5.32 Å². The molecule has 0 fully saturated rings. The largest absolute Gasteiger partial charge is 0.307 e. The second kappa shape index (κ2) is 4.55. The van der Waals surface area contributed by atoms with E-state index < -0.39 is 0 Å². The summed E-state index contributed by atoms with van der Waals surface area (Å²) in [7, 11) is 0. The Hall–Kier alpha value is -1.19. The Balaban J connectivity index is 2.23. The third-order valence-corrected chi connectivity index (χ3v) is 3.25. The average Bonchev–Trinajstić information content (AvgIpc) is 2.63. The van der Waals surface area contributed by atoms with E-state index in [-0.39, 0.29) is 0 Å². The average molecular weight is 218 g/mol. The van der Waals surface area contributed by atoms with Gasteiger partial charge in [-0.3, -0.25) is 0 Å². The first-order chi connectivity index (χ1) is 7.31. The number of hydrogen-bond acceptors (Lipinski definition) is 3. The van der Waals surface area contributed by atoms with E-state index in [1.807, 2.05) is 6.08 Å². The highest BCUT2D eigenvalue weighted by Gasteiger charge is 2.04. The van der Waals surface area contributed by atoms with Gasteiger partial charge in [0.1, 0.15) is 5.01 Å². The van der Waals surface area contributed by atoms with Gasteiger partial charge in [-0.05, 0) is 18.6 Å². The first-order valence-electron chi connectivity index (χ1n) is 4.98. The van der Waals surface area contributed by atoms with Gasteiger partial charge in [0.25, 0.3) is 0 Å². The van der Waals surface area contributed by atoms with Gasteiger partial charge in [0.05, 0.1) is 10.2 Å². The second-order valence-electron chi connectivity index (χ2n) is 3.45. The topological polar surface area (TPSA) is 24.9 Å². The van der Waals surface area contributed by atoms with Crippen molar-refractivity contribution in [2.75, 3.05) is 6.54 Å². The molecule has 0 aliphatic rings. The Morgan fingerprint density at radius 2 is 2.40 bits per heavy atom. The van der Waals surface area contributed by atoms with Gasteiger partial charge in [0.15, 0.2) is 0 Å². The van der Waals surface area contributed by atoms with Crippen LogP contribution in [-0.2, 0) is 6.54 Å². The molecule has 0 radical (unpaired) electrons. The van der Waals surface area contributed by atoms with Crippen LogP contribution in [0.25, 0.3) is 10.2 Å². The predicted molar refractivity (Wildman–Crippen MR) is 66.3 cm³/mol. The molecule has 1 N–H and O–H groups in total. The SMILES string of the molecule is C=CCNCc1nc2c(C)cccc2s1. The van der Waals surface area contributed by atoms with Gasteiger partial charge in [-0.15, -0.1) is 17.9 Å². The summed E-state index contributed by atoms with van der Waals surface area (Å²) in [6.45, 7) is 7.42. The molecule has 15 heavy (non-hydrogen) atoms. The van der Waals surface area contributed by atoms with Crippen LogP contribution in [0.1, 0.15) is 10.6 Å². The summed E-state index contributed by atoms with van der Waals surface area (Å²) in [6.07, 6.45) is 1.86. The quantitative estimate of drug-likeness (QED) is 0.630. The summed E-state index contributed by atoms with van der Waals surface area (Å²) in [5.74, 6) is 0. The molecule has 2 aromatic rings.